The summed E-state index contributed by atoms with van der Waals surface area (Å²) in [5.74, 6) is 0.742. The fourth-order valence-corrected chi connectivity index (χ4v) is 3.55. The average Bonchev–Trinajstić information content (AvgIpc) is 2.78. The van der Waals surface area contributed by atoms with Gasteiger partial charge in [0.15, 0.2) is 0 Å². The molecule has 7 heteroatoms. The van der Waals surface area contributed by atoms with Crippen molar-refractivity contribution in [2.75, 3.05) is 52.4 Å². The fraction of sp³-hybridized carbons (Fsp3) is 0.885. The Bertz CT molecular complexity index is 468. The minimum absolute atomic E-state index is 0.0169. The van der Waals surface area contributed by atoms with Crippen LogP contribution in [0.1, 0.15) is 85.0 Å². The van der Waals surface area contributed by atoms with Gasteiger partial charge in [-0.1, -0.05) is 25.0 Å². The molecule has 1 amide bonds. The lowest BCUT2D eigenvalue weighted by molar-refractivity contribution is -0.122. The van der Waals surface area contributed by atoms with Crippen LogP contribution in [0.5, 0.6) is 0 Å². The van der Waals surface area contributed by atoms with Crippen LogP contribution in [0.4, 0.5) is 0 Å². The third-order valence-corrected chi connectivity index (χ3v) is 5.83. The third-order valence-electron chi connectivity index (χ3n) is 5.83. The molecule has 0 spiro atoms. The van der Waals surface area contributed by atoms with Crippen LogP contribution in [-0.4, -0.2) is 64.3 Å². The highest BCUT2D eigenvalue weighted by Gasteiger charge is 2.11. The molecule has 33 heavy (non-hydrogen) atoms. The zero-order chi connectivity index (χ0) is 24.6. The minimum Gasteiger partial charge on any atom is -0.355 e. The predicted octanol–water partition coefficient (Wildman–Crippen LogP) is 2.66. The molecule has 0 aromatic carbocycles. The van der Waals surface area contributed by atoms with Crippen molar-refractivity contribution >= 4 is 5.91 Å². The summed E-state index contributed by atoms with van der Waals surface area (Å²) >= 11 is 0. The smallest absolute Gasteiger partial charge is 0.236 e. The van der Waals surface area contributed by atoms with Crippen LogP contribution in [0.25, 0.3) is 0 Å². The number of carbonyl (C=O) groups excluding carboxylic acids is 1. The summed E-state index contributed by atoms with van der Waals surface area (Å²) in [5, 5.41) is 13.3. The second-order valence-electron chi connectivity index (χ2n) is 9.60. The first-order valence-corrected chi connectivity index (χ1v) is 13.5. The van der Waals surface area contributed by atoms with Gasteiger partial charge in [-0.3, -0.25) is 4.79 Å². The normalized spacial score (nSPS) is 13.0. The van der Waals surface area contributed by atoms with E-state index in [4.69, 9.17) is 11.5 Å². The molecule has 0 rings (SSSR count). The van der Waals surface area contributed by atoms with Gasteiger partial charge in [0.1, 0.15) is 0 Å². The number of carbonyl (C=O) groups is 1. The molecule has 0 unspecified atom stereocenters. The molecule has 7 nitrogen and oxygen atoms in total. The molecular weight excluding hydrogens is 412 g/mol. The molecular formula is C26H56N6O. The Morgan fingerprint density at radius 2 is 1.33 bits per heavy atom. The van der Waals surface area contributed by atoms with E-state index in [2.05, 4.69) is 48.1 Å². The zero-order valence-corrected chi connectivity index (χ0v) is 22.0. The molecule has 0 aromatic rings. The van der Waals surface area contributed by atoms with Gasteiger partial charge >= 0.3 is 0 Å². The van der Waals surface area contributed by atoms with Gasteiger partial charge in [0.05, 0.1) is 6.04 Å². The van der Waals surface area contributed by atoms with Crippen molar-refractivity contribution in [3.8, 4) is 0 Å². The maximum atomic E-state index is 12.1. The highest BCUT2D eigenvalue weighted by atomic mass is 16.2. The first-order valence-electron chi connectivity index (χ1n) is 13.5. The SMILES string of the molecule is CC(C)=CCC[C@@H](C)CCNCCCC[C@H](N)C(=O)NCCCNCCCCNCCCN. The van der Waals surface area contributed by atoms with E-state index < -0.39 is 0 Å². The number of nitrogens with two attached hydrogens (primary N) is 2. The number of nitrogens with one attached hydrogen (secondary N) is 4. The predicted molar refractivity (Wildman–Crippen MR) is 143 cm³/mol. The second kappa shape index (κ2) is 24.1. The minimum atomic E-state index is -0.389. The Kier molecular flexibility index (Phi) is 23.4. The van der Waals surface area contributed by atoms with Gasteiger partial charge in [-0.15, -0.1) is 0 Å². The highest BCUT2D eigenvalue weighted by Crippen LogP contribution is 2.11. The number of allylic oxidation sites excluding steroid dienone is 2. The molecule has 0 saturated carbocycles. The molecule has 0 aliphatic rings. The Morgan fingerprint density at radius 3 is 1.97 bits per heavy atom. The van der Waals surface area contributed by atoms with Crippen LogP contribution in [-0.2, 0) is 4.79 Å². The van der Waals surface area contributed by atoms with Crippen molar-refractivity contribution in [3.05, 3.63) is 11.6 Å². The Morgan fingerprint density at radius 1 is 0.758 bits per heavy atom. The van der Waals surface area contributed by atoms with E-state index in [0.29, 0.717) is 6.54 Å². The van der Waals surface area contributed by atoms with Crippen LogP contribution in [0.15, 0.2) is 11.6 Å². The first kappa shape index (κ1) is 32.0. The van der Waals surface area contributed by atoms with Crippen LogP contribution >= 0.6 is 0 Å². The van der Waals surface area contributed by atoms with Gasteiger partial charge in [0.2, 0.25) is 5.91 Å². The van der Waals surface area contributed by atoms with Gasteiger partial charge in [-0.25, -0.2) is 0 Å². The molecule has 0 heterocycles. The van der Waals surface area contributed by atoms with Gasteiger partial charge in [-0.05, 0) is 123 Å². The quantitative estimate of drug-likeness (QED) is 0.0958. The van der Waals surface area contributed by atoms with Crippen LogP contribution < -0.4 is 32.7 Å². The van der Waals surface area contributed by atoms with Gasteiger partial charge in [-0.2, -0.15) is 0 Å². The summed E-state index contributed by atoms with van der Waals surface area (Å²) in [6, 6.07) is -0.389. The molecule has 0 saturated heterocycles. The lowest BCUT2D eigenvalue weighted by Gasteiger charge is -2.13. The van der Waals surface area contributed by atoms with E-state index in [0.717, 1.165) is 90.3 Å². The molecule has 8 N–H and O–H groups in total. The molecule has 0 aliphatic heterocycles. The van der Waals surface area contributed by atoms with Crippen LogP contribution in [0.2, 0.25) is 0 Å². The third kappa shape index (κ3) is 24.0. The average molecular weight is 469 g/mol. The molecule has 0 aromatic heterocycles. The Balaban J connectivity index is 3.42. The number of hydrogen-bond acceptors (Lipinski definition) is 6. The molecule has 0 fully saturated rings. The summed E-state index contributed by atoms with van der Waals surface area (Å²) < 4.78 is 0. The molecule has 0 bridgehead atoms. The lowest BCUT2D eigenvalue weighted by Crippen LogP contribution is -2.41. The summed E-state index contributed by atoms with van der Waals surface area (Å²) in [5.41, 5.74) is 12.9. The largest absolute Gasteiger partial charge is 0.355 e. The summed E-state index contributed by atoms with van der Waals surface area (Å²) in [6.45, 7) is 14.2. The van der Waals surface area contributed by atoms with Crippen molar-refractivity contribution in [1.82, 2.24) is 21.3 Å². The molecule has 196 valence electrons. The Labute approximate surface area is 204 Å². The summed E-state index contributed by atoms with van der Waals surface area (Å²) in [6.07, 6.45) is 13.1. The van der Waals surface area contributed by atoms with E-state index in [-0.39, 0.29) is 11.9 Å². The first-order chi connectivity index (χ1) is 16.0. The van der Waals surface area contributed by atoms with Gasteiger partial charge in [0.25, 0.3) is 0 Å². The van der Waals surface area contributed by atoms with E-state index in [1.807, 2.05) is 0 Å². The second-order valence-corrected chi connectivity index (χ2v) is 9.60. The topological polar surface area (TPSA) is 117 Å². The van der Waals surface area contributed by atoms with E-state index in [1.54, 1.807) is 0 Å². The monoisotopic (exact) mass is 468 g/mol. The van der Waals surface area contributed by atoms with Crippen molar-refractivity contribution in [1.29, 1.82) is 0 Å². The molecule has 0 radical (unpaired) electrons. The number of amides is 1. The van der Waals surface area contributed by atoms with Gasteiger partial charge in [0, 0.05) is 6.54 Å². The lowest BCUT2D eigenvalue weighted by atomic mass is 10.0. The maximum Gasteiger partial charge on any atom is 0.236 e. The number of unbranched alkanes of at least 4 members (excludes halogenated alkanes) is 2. The maximum absolute atomic E-state index is 12.1. The van der Waals surface area contributed by atoms with Crippen LogP contribution in [0, 0.1) is 5.92 Å². The Hall–Kier alpha value is -0.990. The number of rotatable bonds is 24. The zero-order valence-electron chi connectivity index (χ0n) is 22.0. The van der Waals surface area contributed by atoms with Crippen molar-refractivity contribution in [3.63, 3.8) is 0 Å². The van der Waals surface area contributed by atoms with Gasteiger partial charge < -0.3 is 32.7 Å². The van der Waals surface area contributed by atoms with E-state index in [1.165, 1.54) is 31.3 Å². The number of hydrogen-bond donors (Lipinski definition) is 6. The van der Waals surface area contributed by atoms with E-state index >= 15 is 0 Å². The fourth-order valence-electron chi connectivity index (χ4n) is 3.55. The van der Waals surface area contributed by atoms with Crippen molar-refractivity contribution < 1.29 is 4.79 Å². The summed E-state index contributed by atoms with van der Waals surface area (Å²) in [7, 11) is 0. The summed E-state index contributed by atoms with van der Waals surface area (Å²) in [4.78, 5) is 12.1. The van der Waals surface area contributed by atoms with Crippen molar-refractivity contribution in [2.45, 2.75) is 91.0 Å². The standard InChI is InChI=1S/C26H56N6O/c1-23(2)11-8-12-24(3)14-22-31-16-5-4-13-25(28)26(33)32-21-10-20-30-18-7-6-17-29-19-9-15-27/h11,24-25,29-31H,4-10,12-22,27-28H2,1-3H3,(H,32,33)/t24-,25+/m1/s1. The van der Waals surface area contributed by atoms with E-state index in [9.17, 15) is 4.79 Å². The highest BCUT2D eigenvalue weighted by molar-refractivity contribution is 5.81. The molecule has 2 atom stereocenters. The van der Waals surface area contributed by atoms with Crippen LogP contribution in [0.3, 0.4) is 0 Å². The molecule has 0 aliphatic carbocycles. The van der Waals surface area contributed by atoms with Crippen molar-refractivity contribution in [2.24, 2.45) is 17.4 Å².